The summed E-state index contributed by atoms with van der Waals surface area (Å²) in [7, 11) is 0. The van der Waals surface area contributed by atoms with Gasteiger partial charge in [0.15, 0.2) is 6.61 Å². The van der Waals surface area contributed by atoms with Crippen LogP contribution in [0.2, 0.25) is 5.02 Å². The van der Waals surface area contributed by atoms with Crippen LogP contribution in [0.3, 0.4) is 0 Å². The number of H-pyrrole nitrogens is 1. The van der Waals surface area contributed by atoms with E-state index in [1.807, 2.05) is 6.07 Å². The Balaban J connectivity index is 1.68. The van der Waals surface area contributed by atoms with Gasteiger partial charge < -0.3 is 14.2 Å². The Morgan fingerprint density at radius 3 is 2.86 bits per heavy atom. The molecule has 0 unspecified atom stereocenters. The number of nitrogens with one attached hydrogen (secondary N) is 1. The number of ether oxygens (including phenoxy) is 1. The molecule has 0 radical (unpaired) electrons. The van der Waals surface area contributed by atoms with Crippen LogP contribution in [0.15, 0.2) is 41.1 Å². The van der Waals surface area contributed by atoms with Crippen LogP contribution < -0.4 is 4.74 Å². The number of halogens is 1. The van der Waals surface area contributed by atoms with Gasteiger partial charge in [0.2, 0.25) is 5.82 Å². The standard InChI is InChI=1S/C14H9ClN4O2/c15-10-1-3-11(4-2-10)20-8-13-18-14(21-19-13)12-5-9(6-16)7-17-12/h1-5,7,17H,8H2. The minimum Gasteiger partial charge on any atom is -0.485 e. The third-order valence-corrected chi connectivity index (χ3v) is 2.94. The van der Waals surface area contributed by atoms with E-state index < -0.39 is 0 Å². The van der Waals surface area contributed by atoms with Crippen LogP contribution in [0.5, 0.6) is 5.75 Å². The van der Waals surface area contributed by atoms with Gasteiger partial charge in [-0.15, -0.1) is 0 Å². The van der Waals surface area contributed by atoms with Crippen molar-refractivity contribution >= 4 is 11.6 Å². The summed E-state index contributed by atoms with van der Waals surface area (Å²) < 4.78 is 10.6. The van der Waals surface area contributed by atoms with E-state index in [2.05, 4.69) is 15.1 Å². The minimum atomic E-state index is 0.178. The van der Waals surface area contributed by atoms with Crippen LogP contribution in [-0.2, 0) is 6.61 Å². The third-order valence-electron chi connectivity index (χ3n) is 2.69. The summed E-state index contributed by atoms with van der Waals surface area (Å²) in [5.74, 6) is 1.39. The molecule has 0 amide bonds. The van der Waals surface area contributed by atoms with Gasteiger partial charge in [-0.05, 0) is 30.3 Å². The van der Waals surface area contributed by atoms with Crippen molar-refractivity contribution in [2.24, 2.45) is 0 Å². The Morgan fingerprint density at radius 2 is 2.14 bits per heavy atom. The summed E-state index contributed by atoms with van der Waals surface area (Å²) in [6.07, 6.45) is 1.57. The molecule has 0 aliphatic heterocycles. The minimum absolute atomic E-state index is 0.178. The molecule has 0 aliphatic rings. The van der Waals surface area contributed by atoms with E-state index in [0.717, 1.165) is 0 Å². The normalized spacial score (nSPS) is 10.3. The zero-order valence-electron chi connectivity index (χ0n) is 10.7. The van der Waals surface area contributed by atoms with Crippen molar-refractivity contribution in [2.75, 3.05) is 0 Å². The molecule has 0 aliphatic carbocycles. The van der Waals surface area contributed by atoms with Crippen LogP contribution in [0.1, 0.15) is 11.4 Å². The number of aromatic amines is 1. The lowest BCUT2D eigenvalue weighted by atomic mass is 10.3. The molecular weight excluding hydrogens is 292 g/mol. The van der Waals surface area contributed by atoms with Gasteiger partial charge in [-0.2, -0.15) is 10.2 Å². The molecule has 7 heteroatoms. The van der Waals surface area contributed by atoms with E-state index in [0.29, 0.717) is 33.7 Å². The summed E-state index contributed by atoms with van der Waals surface area (Å²) in [4.78, 5) is 7.08. The number of hydrogen-bond acceptors (Lipinski definition) is 5. The molecule has 3 aromatic rings. The van der Waals surface area contributed by atoms with E-state index >= 15 is 0 Å². The van der Waals surface area contributed by atoms with E-state index in [1.165, 1.54) is 0 Å². The lowest BCUT2D eigenvalue weighted by Crippen LogP contribution is -1.97. The Bertz CT molecular complexity index is 786. The summed E-state index contributed by atoms with van der Waals surface area (Å²) >= 11 is 5.79. The fourth-order valence-electron chi connectivity index (χ4n) is 1.68. The second-order valence-electron chi connectivity index (χ2n) is 4.17. The monoisotopic (exact) mass is 300 g/mol. The summed E-state index contributed by atoms with van der Waals surface area (Å²) in [5.41, 5.74) is 1.10. The SMILES string of the molecule is N#Cc1c[nH]c(-c2nc(COc3ccc(Cl)cc3)no2)c1. The molecular formula is C14H9ClN4O2. The molecule has 1 aromatic carbocycles. The highest BCUT2D eigenvalue weighted by Gasteiger charge is 2.11. The molecule has 0 saturated carbocycles. The smallest absolute Gasteiger partial charge is 0.274 e. The molecule has 2 aromatic heterocycles. The molecule has 1 N–H and O–H groups in total. The van der Waals surface area contributed by atoms with Gasteiger partial charge in [0.1, 0.15) is 17.5 Å². The summed E-state index contributed by atoms with van der Waals surface area (Å²) in [6, 6.07) is 10.6. The highest BCUT2D eigenvalue weighted by molar-refractivity contribution is 6.30. The Morgan fingerprint density at radius 1 is 1.33 bits per heavy atom. The average molecular weight is 301 g/mol. The van der Waals surface area contributed by atoms with Crippen molar-refractivity contribution in [1.82, 2.24) is 15.1 Å². The van der Waals surface area contributed by atoms with E-state index in [-0.39, 0.29) is 6.61 Å². The average Bonchev–Trinajstić information content (AvgIpc) is 3.15. The second kappa shape index (κ2) is 5.69. The maximum Gasteiger partial charge on any atom is 0.274 e. The number of nitriles is 1. The first-order chi connectivity index (χ1) is 10.2. The van der Waals surface area contributed by atoms with Crippen LogP contribution in [0, 0.1) is 11.3 Å². The zero-order valence-corrected chi connectivity index (χ0v) is 11.5. The van der Waals surface area contributed by atoms with Crippen molar-refractivity contribution in [3.05, 3.63) is 52.9 Å². The van der Waals surface area contributed by atoms with Crippen molar-refractivity contribution in [1.29, 1.82) is 5.26 Å². The van der Waals surface area contributed by atoms with Gasteiger partial charge in [0.25, 0.3) is 5.89 Å². The first-order valence-electron chi connectivity index (χ1n) is 6.04. The maximum absolute atomic E-state index is 8.77. The third kappa shape index (κ3) is 3.04. The molecule has 104 valence electrons. The molecule has 0 saturated heterocycles. The number of nitrogens with zero attached hydrogens (tertiary/aromatic N) is 3. The maximum atomic E-state index is 8.77. The Hall–Kier alpha value is -2.78. The van der Waals surface area contributed by atoms with Gasteiger partial charge in [0.05, 0.1) is 5.56 Å². The van der Waals surface area contributed by atoms with Crippen molar-refractivity contribution in [3.8, 4) is 23.4 Å². The number of benzene rings is 1. The molecule has 0 fully saturated rings. The van der Waals surface area contributed by atoms with Crippen molar-refractivity contribution in [3.63, 3.8) is 0 Å². The van der Waals surface area contributed by atoms with Crippen LogP contribution in [0.25, 0.3) is 11.6 Å². The fraction of sp³-hybridized carbons (Fsp3) is 0.0714. The number of aromatic nitrogens is 3. The molecule has 2 heterocycles. The van der Waals surface area contributed by atoms with Gasteiger partial charge >= 0.3 is 0 Å². The highest BCUT2D eigenvalue weighted by Crippen LogP contribution is 2.19. The van der Waals surface area contributed by atoms with Crippen LogP contribution in [-0.4, -0.2) is 15.1 Å². The van der Waals surface area contributed by atoms with Gasteiger partial charge in [0, 0.05) is 11.2 Å². The van der Waals surface area contributed by atoms with Gasteiger partial charge in [-0.3, -0.25) is 0 Å². The molecule has 0 bridgehead atoms. The van der Waals surface area contributed by atoms with Crippen molar-refractivity contribution < 1.29 is 9.26 Å². The summed E-state index contributed by atoms with van der Waals surface area (Å²) in [5, 5.41) is 13.2. The number of hydrogen-bond donors (Lipinski definition) is 1. The second-order valence-corrected chi connectivity index (χ2v) is 4.61. The zero-order chi connectivity index (χ0) is 14.7. The highest BCUT2D eigenvalue weighted by atomic mass is 35.5. The Kier molecular flexibility index (Phi) is 3.58. The van der Waals surface area contributed by atoms with Gasteiger partial charge in [-0.25, -0.2) is 0 Å². The Labute approximate surface area is 124 Å². The largest absolute Gasteiger partial charge is 0.485 e. The molecule has 6 nitrogen and oxygen atoms in total. The first kappa shape index (κ1) is 13.2. The topological polar surface area (TPSA) is 87.7 Å². The lowest BCUT2D eigenvalue weighted by molar-refractivity contribution is 0.287. The van der Waals surface area contributed by atoms with Crippen molar-refractivity contribution in [2.45, 2.75) is 6.61 Å². The van der Waals surface area contributed by atoms with Crippen LogP contribution in [0.4, 0.5) is 0 Å². The first-order valence-corrected chi connectivity index (χ1v) is 6.42. The molecule has 3 rings (SSSR count). The summed E-state index contributed by atoms with van der Waals surface area (Å²) in [6.45, 7) is 0.178. The molecule has 21 heavy (non-hydrogen) atoms. The van der Waals surface area contributed by atoms with E-state index in [4.69, 9.17) is 26.1 Å². The predicted octanol–water partition coefficient (Wildman–Crippen LogP) is 3.17. The van der Waals surface area contributed by atoms with E-state index in [1.54, 1.807) is 36.5 Å². The fourth-order valence-corrected chi connectivity index (χ4v) is 1.81. The lowest BCUT2D eigenvalue weighted by Gasteiger charge is -2.02. The number of rotatable bonds is 4. The molecule has 0 spiro atoms. The predicted molar refractivity (Wildman–Crippen MR) is 74.6 cm³/mol. The quantitative estimate of drug-likeness (QED) is 0.799. The van der Waals surface area contributed by atoms with E-state index in [9.17, 15) is 0 Å². The van der Waals surface area contributed by atoms with Crippen LogP contribution >= 0.6 is 11.6 Å². The molecule has 0 atom stereocenters. The van der Waals surface area contributed by atoms with Gasteiger partial charge in [-0.1, -0.05) is 16.8 Å².